The zero-order valence-electron chi connectivity index (χ0n) is 14.0. The summed E-state index contributed by atoms with van der Waals surface area (Å²) in [6, 6.07) is 9.37. The van der Waals surface area contributed by atoms with Gasteiger partial charge in [0.2, 0.25) is 5.95 Å². The lowest BCUT2D eigenvalue weighted by atomic mass is 10.2. The van der Waals surface area contributed by atoms with Crippen LogP contribution in [0.4, 0.5) is 5.95 Å². The zero-order chi connectivity index (χ0) is 17.6. The van der Waals surface area contributed by atoms with Crippen molar-refractivity contribution in [1.82, 2.24) is 14.9 Å². The van der Waals surface area contributed by atoms with Crippen molar-refractivity contribution in [3.63, 3.8) is 0 Å². The summed E-state index contributed by atoms with van der Waals surface area (Å²) in [6.07, 6.45) is 6.96. The van der Waals surface area contributed by atoms with Gasteiger partial charge >= 0.3 is 11.8 Å². The number of aromatic nitrogens is 2. The van der Waals surface area contributed by atoms with Gasteiger partial charge in [-0.2, -0.15) is 0 Å². The molecule has 0 spiro atoms. The molecule has 25 heavy (non-hydrogen) atoms. The number of hydrogen-bond acceptors (Lipinski definition) is 5. The number of carbonyl (C=O) groups excluding carboxylic acids is 2. The molecule has 0 saturated heterocycles. The van der Waals surface area contributed by atoms with Crippen LogP contribution in [0, 0.1) is 0 Å². The van der Waals surface area contributed by atoms with Crippen LogP contribution in [0.15, 0.2) is 42.7 Å². The Balaban J connectivity index is 1.57. The van der Waals surface area contributed by atoms with Gasteiger partial charge in [0.15, 0.2) is 5.75 Å². The Morgan fingerprint density at radius 1 is 1.08 bits per heavy atom. The van der Waals surface area contributed by atoms with Crippen molar-refractivity contribution in [2.75, 3.05) is 12.4 Å². The summed E-state index contributed by atoms with van der Waals surface area (Å²) in [7, 11) is 1.66. The molecule has 0 unspecified atom stereocenters. The number of hydrogen-bond donors (Lipinski definition) is 1. The van der Waals surface area contributed by atoms with Crippen LogP contribution in [0.5, 0.6) is 11.5 Å². The zero-order valence-corrected chi connectivity index (χ0v) is 14.0. The normalized spacial score (nSPS) is 14.1. The molecule has 7 heteroatoms. The number of ether oxygens (including phenoxy) is 1. The first-order valence-electron chi connectivity index (χ1n) is 8.26. The Morgan fingerprint density at radius 3 is 2.36 bits per heavy atom. The Morgan fingerprint density at radius 2 is 1.72 bits per heavy atom. The van der Waals surface area contributed by atoms with E-state index in [4.69, 9.17) is 4.74 Å². The minimum atomic E-state index is -0.730. The summed E-state index contributed by atoms with van der Waals surface area (Å²) in [6.45, 7) is 0. The number of para-hydroxylation sites is 1. The Kier molecular flexibility index (Phi) is 5.23. The van der Waals surface area contributed by atoms with E-state index in [0.717, 1.165) is 25.7 Å². The van der Waals surface area contributed by atoms with Crippen molar-refractivity contribution in [2.24, 2.45) is 0 Å². The lowest BCUT2D eigenvalue weighted by Crippen LogP contribution is -2.42. The molecular formula is C18H20N4O3. The maximum atomic E-state index is 12.2. The Bertz CT molecular complexity index is 728. The van der Waals surface area contributed by atoms with E-state index in [9.17, 15) is 9.59 Å². The standard InChI is InChI=1S/C18H20N4O3/c1-22(13-7-5-6-8-13)17(24)16(23)21-18-19-11-15(12-20-18)25-14-9-3-2-4-10-14/h2-4,9-13H,5-8H2,1H3,(H,19,20,21,23). The maximum Gasteiger partial charge on any atom is 0.316 e. The van der Waals surface area contributed by atoms with Gasteiger partial charge in [0.1, 0.15) is 5.75 Å². The van der Waals surface area contributed by atoms with Crippen LogP contribution in [-0.4, -0.2) is 39.8 Å². The third-order valence-corrected chi connectivity index (χ3v) is 4.22. The van der Waals surface area contributed by atoms with Gasteiger partial charge in [-0.05, 0) is 25.0 Å². The van der Waals surface area contributed by atoms with Gasteiger partial charge in [0.25, 0.3) is 0 Å². The third-order valence-electron chi connectivity index (χ3n) is 4.22. The van der Waals surface area contributed by atoms with E-state index in [1.54, 1.807) is 7.05 Å². The molecule has 0 atom stereocenters. The van der Waals surface area contributed by atoms with Crippen LogP contribution in [0.1, 0.15) is 25.7 Å². The van der Waals surface area contributed by atoms with E-state index in [1.165, 1.54) is 17.3 Å². The van der Waals surface area contributed by atoms with Crippen molar-refractivity contribution < 1.29 is 14.3 Å². The van der Waals surface area contributed by atoms with Gasteiger partial charge in [0, 0.05) is 13.1 Å². The number of amides is 2. The van der Waals surface area contributed by atoms with Crippen molar-refractivity contribution in [1.29, 1.82) is 0 Å². The van der Waals surface area contributed by atoms with Gasteiger partial charge < -0.3 is 9.64 Å². The summed E-state index contributed by atoms with van der Waals surface area (Å²) in [4.78, 5) is 33.8. The quantitative estimate of drug-likeness (QED) is 0.865. The van der Waals surface area contributed by atoms with Gasteiger partial charge in [-0.1, -0.05) is 31.0 Å². The molecule has 1 saturated carbocycles. The SMILES string of the molecule is CN(C(=O)C(=O)Nc1ncc(Oc2ccccc2)cn1)C1CCCC1. The molecule has 2 amide bonds. The average Bonchev–Trinajstić information content (AvgIpc) is 3.17. The number of likely N-dealkylation sites (N-methyl/N-ethyl adjacent to an activating group) is 1. The van der Waals surface area contributed by atoms with Crippen LogP contribution in [0.3, 0.4) is 0 Å². The fraction of sp³-hybridized carbons (Fsp3) is 0.333. The first-order chi connectivity index (χ1) is 12.1. The topological polar surface area (TPSA) is 84.4 Å². The third kappa shape index (κ3) is 4.32. The predicted octanol–water partition coefficient (Wildman–Crippen LogP) is 2.61. The first kappa shape index (κ1) is 16.9. The van der Waals surface area contributed by atoms with Gasteiger partial charge in [-0.3, -0.25) is 14.9 Å². The maximum absolute atomic E-state index is 12.2. The number of benzene rings is 1. The first-order valence-corrected chi connectivity index (χ1v) is 8.26. The second-order valence-electron chi connectivity index (χ2n) is 5.97. The molecule has 2 aromatic rings. The van der Waals surface area contributed by atoms with E-state index >= 15 is 0 Å². The van der Waals surface area contributed by atoms with Crippen LogP contribution < -0.4 is 10.1 Å². The number of nitrogens with one attached hydrogen (secondary N) is 1. The van der Waals surface area contributed by atoms with Crippen molar-refractivity contribution in [2.45, 2.75) is 31.7 Å². The Labute approximate surface area is 146 Å². The molecule has 1 heterocycles. The summed E-state index contributed by atoms with van der Waals surface area (Å²) >= 11 is 0. The van der Waals surface area contributed by atoms with Crippen LogP contribution in [0.25, 0.3) is 0 Å². The molecule has 0 bridgehead atoms. The second-order valence-corrected chi connectivity index (χ2v) is 5.97. The fourth-order valence-electron chi connectivity index (χ4n) is 2.83. The van der Waals surface area contributed by atoms with Gasteiger partial charge in [-0.15, -0.1) is 0 Å². The van der Waals surface area contributed by atoms with E-state index in [1.807, 2.05) is 30.3 Å². The average molecular weight is 340 g/mol. The molecule has 7 nitrogen and oxygen atoms in total. The summed E-state index contributed by atoms with van der Waals surface area (Å²) in [5.41, 5.74) is 0. The Hall–Kier alpha value is -2.96. The molecule has 1 N–H and O–H groups in total. The van der Waals surface area contributed by atoms with Gasteiger partial charge in [0.05, 0.1) is 12.4 Å². The van der Waals surface area contributed by atoms with Crippen molar-refractivity contribution in [3.8, 4) is 11.5 Å². The van der Waals surface area contributed by atoms with Gasteiger partial charge in [-0.25, -0.2) is 9.97 Å². The second kappa shape index (κ2) is 7.74. The highest BCUT2D eigenvalue weighted by atomic mass is 16.5. The van der Waals surface area contributed by atoms with Crippen LogP contribution >= 0.6 is 0 Å². The van der Waals surface area contributed by atoms with E-state index in [-0.39, 0.29) is 12.0 Å². The highest BCUT2D eigenvalue weighted by molar-refractivity contribution is 6.39. The molecule has 0 radical (unpaired) electrons. The summed E-state index contributed by atoms with van der Waals surface area (Å²) in [5.74, 6) is -0.125. The molecular weight excluding hydrogens is 320 g/mol. The number of carbonyl (C=O) groups is 2. The molecule has 3 rings (SSSR count). The largest absolute Gasteiger partial charge is 0.454 e. The molecule has 1 fully saturated rings. The minimum Gasteiger partial charge on any atom is -0.454 e. The number of anilines is 1. The number of nitrogens with zero attached hydrogens (tertiary/aromatic N) is 3. The lowest BCUT2D eigenvalue weighted by molar-refractivity contribution is -0.143. The van der Waals surface area contributed by atoms with E-state index < -0.39 is 11.8 Å². The molecule has 1 aliphatic carbocycles. The highest BCUT2D eigenvalue weighted by Crippen LogP contribution is 2.22. The van der Waals surface area contributed by atoms with Crippen LogP contribution in [-0.2, 0) is 9.59 Å². The minimum absolute atomic E-state index is 0.0681. The van der Waals surface area contributed by atoms with E-state index in [2.05, 4.69) is 15.3 Å². The summed E-state index contributed by atoms with van der Waals surface area (Å²) in [5, 5.41) is 2.43. The molecule has 0 aliphatic heterocycles. The van der Waals surface area contributed by atoms with Crippen molar-refractivity contribution >= 4 is 17.8 Å². The predicted molar refractivity (Wildman–Crippen MR) is 92.2 cm³/mol. The fourth-order valence-corrected chi connectivity index (χ4v) is 2.83. The molecule has 1 aliphatic rings. The van der Waals surface area contributed by atoms with E-state index in [0.29, 0.717) is 11.5 Å². The highest BCUT2D eigenvalue weighted by Gasteiger charge is 2.27. The molecule has 1 aromatic heterocycles. The monoisotopic (exact) mass is 340 g/mol. The lowest BCUT2D eigenvalue weighted by Gasteiger charge is -2.23. The van der Waals surface area contributed by atoms with Crippen molar-refractivity contribution in [3.05, 3.63) is 42.7 Å². The van der Waals surface area contributed by atoms with Crippen LogP contribution in [0.2, 0.25) is 0 Å². The molecule has 130 valence electrons. The molecule has 1 aromatic carbocycles. The summed E-state index contributed by atoms with van der Waals surface area (Å²) < 4.78 is 5.58. The number of rotatable bonds is 4. The smallest absolute Gasteiger partial charge is 0.316 e.